The molecule has 0 aliphatic rings. The molecule has 0 aliphatic heterocycles. The normalized spacial score (nSPS) is 11.6. The van der Waals surface area contributed by atoms with Gasteiger partial charge < -0.3 is 5.32 Å². The fraction of sp³-hybridized carbons (Fsp3) is 0.130. The predicted octanol–water partition coefficient (Wildman–Crippen LogP) is 6.68. The van der Waals surface area contributed by atoms with E-state index in [1.54, 1.807) is 6.07 Å². The smallest absolute Gasteiger partial charge is 0.338 e. The number of anilines is 2. The van der Waals surface area contributed by atoms with Crippen molar-refractivity contribution in [3.05, 3.63) is 83.4 Å². The first kappa shape index (κ1) is 18.9. The second-order valence-corrected chi connectivity index (χ2v) is 6.95. The summed E-state index contributed by atoms with van der Waals surface area (Å²) in [6, 6.07) is 18.7. The highest BCUT2D eigenvalue weighted by atomic mass is 19.4. The molecular weight excluding hydrogens is 375 g/mol. The Morgan fingerprint density at radius 1 is 0.759 bits per heavy atom. The Balaban J connectivity index is 1.79. The van der Waals surface area contributed by atoms with Gasteiger partial charge in [0.25, 0.3) is 0 Å². The van der Waals surface area contributed by atoms with E-state index in [2.05, 4.69) is 21.6 Å². The number of rotatable bonds is 3. The average Bonchev–Trinajstić information content (AvgIpc) is 2.70. The van der Waals surface area contributed by atoms with E-state index in [1.165, 1.54) is 11.6 Å². The molecule has 146 valence electrons. The summed E-state index contributed by atoms with van der Waals surface area (Å²) < 4.78 is 39.0. The summed E-state index contributed by atoms with van der Waals surface area (Å²) in [4.78, 5) is 0. The third-order valence-corrected chi connectivity index (χ3v) is 4.92. The molecule has 4 rings (SSSR count). The van der Waals surface area contributed by atoms with E-state index in [-0.39, 0.29) is 0 Å². The third-order valence-electron chi connectivity index (χ3n) is 4.92. The highest BCUT2D eigenvalue weighted by molar-refractivity contribution is 6.00. The highest BCUT2D eigenvalue weighted by Crippen LogP contribution is 2.34. The molecule has 1 aromatic heterocycles. The summed E-state index contributed by atoms with van der Waals surface area (Å²) in [5.41, 5.74) is 3.61. The molecule has 1 N–H and O–H groups in total. The zero-order valence-corrected chi connectivity index (χ0v) is 15.9. The monoisotopic (exact) mass is 393 g/mol. The molecule has 0 saturated heterocycles. The number of hydrogen-bond donors (Lipinski definition) is 1. The lowest BCUT2D eigenvalue weighted by Gasteiger charge is -2.13. The summed E-state index contributed by atoms with van der Waals surface area (Å²) in [7, 11) is 0. The Hall–Kier alpha value is -3.41. The van der Waals surface area contributed by atoms with Gasteiger partial charge in [0, 0.05) is 22.0 Å². The summed E-state index contributed by atoms with van der Waals surface area (Å²) in [5, 5.41) is 13.3. The summed E-state index contributed by atoms with van der Waals surface area (Å²) >= 11 is 0. The summed E-state index contributed by atoms with van der Waals surface area (Å²) in [5.74, 6) is 0.410. The van der Waals surface area contributed by atoms with Crippen LogP contribution in [0.25, 0.3) is 22.0 Å². The number of alkyl halides is 3. The maximum atomic E-state index is 13.0. The molecule has 0 saturated carbocycles. The number of nitrogens with zero attached hydrogens (tertiary/aromatic N) is 2. The van der Waals surface area contributed by atoms with Gasteiger partial charge in [-0.15, -0.1) is 10.2 Å². The number of aromatic nitrogens is 2. The minimum atomic E-state index is -4.40. The van der Waals surface area contributed by atoms with Crippen LogP contribution in [-0.4, -0.2) is 10.2 Å². The van der Waals surface area contributed by atoms with Gasteiger partial charge in [0.2, 0.25) is 0 Å². The average molecular weight is 393 g/mol. The quantitative estimate of drug-likeness (QED) is 0.422. The van der Waals surface area contributed by atoms with Crippen molar-refractivity contribution in [1.29, 1.82) is 0 Å². The van der Waals surface area contributed by atoms with Crippen LogP contribution in [0.3, 0.4) is 0 Å². The molecular formula is C23H18F3N3. The Bertz CT molecular complexity index is 1200. The number of hydrogen-bond acceptors (Lipinski definition) is 3. The molecule has 0 bridgehead atoms. The van der Waals surface area contributed by atoms with Crippen LogP contribution in [0.15, 0.2) is 66.7 Å². The summed E-state index contributed by atoms with van der Waals surface area (Å²) in [6.45, 7) is 4.09. The third kappa shape index (κ3) is 3.78. The topological polar surface area (TPSA) is 37.8 Å². The van der Waals surface area contributed by atoms with Gasteiger partial charge in [0.1, 0.15) is 5.69 Å². The largest absolute Gasteiger partial charge is 0.416 e. The van der Waals surface area contributed by atoms with Gasteiger partial charge in [-0.1, -0.05) is 42.5 Å². The van der Waals surface area contributed by atoms with Crippen LogP contribution in [-0.2, 0) is 6.18 Å². The molecule has 29 heavy (non-hydrogen) atoms. The van der Waals surface area contributed by atoms with Crippen molar-refractivity contribution in [2.75, 3.05) is 5.32 Å². The van der Waals surface area contributed by atoms with Crippen LogP contribution in [0.1, 0.15) is 16.7 Å². The maximum absolute atomic E-state index is 13.0. The number of halogens is 3. The van der Waals surface area contributed by atoms with Crippen LogP contribution >= 0.6 is 0 Å². The van der Waals surface area contributed by atoms with Gasteiger partial charge in [0.05, 0.1) is 5.56 Å². The molecule has 0 aliphatic carbocycles. The minimum Gasteiger partial charge on any atom is -0.338 e. The summed E-state index contributed by atoms with van der Waals surface area (Å²) in [6.07, 6.45) is -4.40. The van der Waals surface area contributed by atoms with Crippen molar-refractivity contribution < 1.29 is 13.2 Å². The molecule has 0 unspecified atom stereocenters. The Kier molecular flexibility index (Phi) is 4.70. The molecule has 0 fully saturated rings. The minimum absolute atomic E-state index is 0.304. The Morgan fingerprint density at radius 2 is 1.52 bits per heavy atom. The Labute approximate surface area is 166 Å². The van der Waals surface area contributed by atoms with Gasteiger partial charge in [-0.25, -0.2) is 0 Å². The van der Waals surface area contributed by atoms with E-state index in [9.17, 15) is 13.2 Å². The molecule has 6 heteroatoms. The van der Waals surface area contributed by atoms with Crippen molar-refractivity contribution >= 4 is 22.3 Å². The number of fused-ring (bicyclic) bond motifs is 1. The molecule has 3 aromatic carbocycles. The van der Waals surface area contributed by atoms with Crippen LogP contribution in [0.4, 0.5) is 24.7 Å². The van der Waals surface area contributed by atoms with Crippen molar-refractivity contribution in [3.63, 3.8) is 0 Å². The molecule has 0 radical (unpaired) electrons. The van der Waals surface area contributed by atoms with E-state index >= 15 is 0 Å². The van der Waals surface area contributed by atoms with Crippen LogP contribution < -0.4 is 5.32 Å². The number of benzene rings is 3. The maximum Gasteiger partial charge on any atom is 0.416 e. The van der Waals surface area contributed by atoms with E-state index in [1.807, 2.05) is 50.2 Å². The molecule has 3 nitrogen and oxygen atoms in total. The zero-order chi connectivity index (χ0) is 20.6. The van der Waals surface area contributed by atoms with Gasteiger partial charge in [-0.3, -0.25) is 0 Å². The van der Waals surface area contributed by atoms with Gasteiger partial charge in [-0.05, 0) is 49.2 Å². The second-order valence-electron chi connectivity index (χ2n) is 6.95. The molecule has 4 aromatic rings. The second kappa shape index (κ2) is 7.20. The van der Waals surface area contributed by atoms with Gasteiger partial charge >= 0.3 is 6.18 Å². The van der Waals surface area contributed by atoms with E-state index in [0.717, 1.165) is 39.7 Å². The zero-order valence-electron chi connectivity index (χ0n) is 15.9. The molecule has 0 amide bonds. The van der Waals surface area contributed by atoms with Crippen molar-refractivity contribution in [1.82, 2.24) is 10.2 Å². The lowest BCUT2D eigenvalue weighted by Crippen LogP contribution is -2.05. The number of nitrogens with one attached hydrogen (secondary N) is 1. The fourth-order valence-corrected chi connectivity index (χ4v) is 3.21. The van der Waals surface area contributed by atoms with E-state index < -0.39 is 11.7 Å². The van der Waals surface area contributed by atoms with Crippen molar-refractivity contribution in [2.45, 2.75) is 20.0 Å². The van der Waals surface area contributed by atoms with Crippen LogP contribution in [0.2, 0.25) is 0 Å². The van der Waals surface area contributed by atoms with E-state index in [4.69, 9.17) is 0 Å². The van der Waals surface area contributed by atoms with Crippen molar-refractivity contribution in [3.8, 4) is 11.3 Å². The van der Waals surface area contributed by atoms with Crippen LogP contribution in [0, 0.1) is 13.8 Å². The predicted molar refractivity (Wildman–Crippen MR) is 109 cm³/mol. The lowest BCUT2D eigenvalue weighted by molar-refractivity contribution is -0.137. The Morgan fingerprint density at radius 3 is 2.24 bits per heavy atom. The van der Waals surface area contributed by atoms with Gasteiger partial charge in [-0.2, -0.15) is 13.2 Å². The molecule has 1 heterocycles. The van der Waals surface area contributed by atoms with Gasteiger partial charge in [0.15, 0.2) is 5.82 Å². The highest BCUT2D eigenvalue weighted by Gasteiger charge is 2.30. The first-order valence-electron chi connectivity index (χ1n) is 9.10. The first-order chi connectivity index (χ1) is 13.8. The standard InChI is InChI=1S/C23H18F3N3/c1-14-10-11-16(12-15(14)2)21-19-8-3-4-9-20(19)22(29-28-21)27-18-7-5-6-17(13-18)23(24,25)26/h3-13H,1-2H3,(H,27,29). The SMILES string of the molecule is Cc1ccc(-c2nnc(Nc3cccc(C(F)(F)F)c3)c3ccccc23)cc1C. The molecule has 0 spiro atoms. The van der Waals surface area contributed by atoms with Crippen LogP contribution in [0.5, 0.6) is 0 Å². The lowest BCUT2D eigenvalue weighted by atomic mass is 10.0. The fourth-order valence-electron chi connectivity index (χ4n) is 3.21. The van der Waals surface area contributed by atoms with Crippen molar-refractivity contribution in [2.24, 2.45) is 0 Å². The number of aryl methyl sites for hydroxylation is 2. The molecule has 0 atom stereocenters. The first-order valence-corrected chi connectivity index (χ1v) is 9.10. The van der Waals surface area contributed by atoms with E-state index in [0.29, 0.717) is 11.5 Å².